The molecule has 0 radical (unpaired) electrons. The van der Waals surface area contributed by atoms with Gasteiger partial charge >= 0.3 is 6.03 Å². The number of carbonyl (C=O) groups excluding carboxylic acids is 2. The summed E-state index contributed by atoms with van der Waals surface area (Å²) in [4.78, 5) is 33.4. The molecule has 3 amide bonds. The molecular formula is C24H25N3O3. The molecule has 2 aliphatic heterocycles. The first-order chi connectivity index (χ1) is 14.6. The fourth-order valence-corrected chi connectivity index (χ4v) is 4.81. The molecule has 2 aliphatic rings. The molecule has 2 atom stereocenters. The number of fused-ring (bicyclic) bond motifs is 4. The minimum absolute atomic E-state index is 0.0859. The van der Waals surface area contributed by atoms with E-state index in [1.807, 2.05) is 42.5 Å². The third kappa shape index (κ3) is 2.70. The number of unbranched alkanes of at least 4 members (excludes halogenated alkanes) is 1. The van der Waals surface area contributed by atoms with E-state index in [1.54, 1.807) is 12.0 Å². The number of rotatable bonds is 5. The van der Waals surface area contributed by atoms with Crippen LogP contribution in [-0.2, 0) is 11.2 Å². The van der Waals surface area contributed by atoms with Crippen LogP contribution in [0.3, 0.4) is 0 Å². The maximum Gasteiger partial charge on any atom is 0.328 e. The molecule has 154 valence electrons. The highest BCUT2D eigenvalue weighted by Gasteiger charge is 2.52. The van der Waals surface area contributed by atoms with Crippen LogP contribution in [0.5, 0.6) is 5.75 Å². The molecule has 1 aromatic heterocycles. The number of carbonyl (C=O) groups is 2. The molecule has 0 saturated carbocycles. The van der Waals surface area contributed by atoms with E-state index in [0.717, 1.165) is 46.3 Å². The summed E-state index contributed by atoms with van der Waals surface area (Å²) < 4.78 is 5.44. The van der Waals surface area contributed by atoms with Crippen molar-refractivity contribution < 1.29 is 14.3 Å². The lowest BCUT2D eigenvalue weighted by Gasteiger charge is -2.36. The van der Waals surface area contributed by atoms with E-state index in [9.17, 15) is 9.59 Å². The first kappa shape index (κ1) is 18.7. The number of para-hydroxylation sites is 1. The minimum Gasteiger partial charge on any atom is -0.497 e. The van der Waals surface area contributed by atoms with Gasteiger partial charge in [0.25, 0.3) is 5.91 Å². The van der Waals surface area contributed by atoms with E-state index >= 15 is 0 Å². The van der Waals surface area contributed by atoms with Crippen molar-refractivity contribution in [2.24, 2.45) is 0 Å². The summed E-state index contributed by atoms with van der Waals surface area (Å²) in [7, 11) is 1.63. The molecule has 0 aliphatic carbocycles. The van der Waals surface area contributed by atoms with Gasteiger partial charge in [0.05, 0.1) is 7.11 Å². The van der Waals surface area contributed by atoms with Gasteiger partial charge in [-0.3, -0.25) is 14.6 Å². The summed E-state index contributed by atoms with van der Waals surface area (Å²) in [5.74, 6) is 0.644. The molecule has 1 N–H and O–H groups in total. The van der Waals surface area contributed by atoms with Gasteiger partial charge < -0.3 is 9.72 Å². The fraction of sp³-hybridized carbons (Fsp3) is 0.333. The van der Waals surface area contributed by atoms with Crippen molar-refractivity contribution >= 4 is 22.8 Å². The van der Waals surface area contributed by atoms with Gasteiger partial charge in [0.2, 0.25) is 0 Å². The monoisotopic (exact) mass is 403 g/mol. The molecular weight excluding hydrogens is 378 g/mol. The zero-order chi connectivity index (χ0) is 20.8. The molecule has 6 heteroatoms. The molecule has 2 unspecified atom stereocenters. The van der Waals surface area contributed by atoms with E-state index in [4.69, 9.17) is 4.74 Å². The summed E-state index contributed by atoms with van der Waals surface area (Å²) in [5.41, 5.74) is 4.07. The summed E-state index contributed by atoms with van der Waals surface area (Å²) in [6.45, 7) is 2.54. The zero-order valence-electron chi connectivity index (χ0n) is 17.2. The Balaban J connectivity index is 1.68. The lowest BCUT2D eigenvalue weighted by atomic mass is 9.89. The Bertz CT molecular complexity index is 1140. The Hall–Kier alpha value is -3.28. The molecule has 1 saturated heterocycles. The van der Waals surface area contributed by atoms with Gasteiger partial charge in [0, 0.05) is 29.6 Å². The van der Waals surface area contributed by atoms with Crippen molar-refractivity contribution in [3.8, 4) is 5.75 Å². The number of methoxy groups -OCH3 is 1. The van der Waals surface area contributed by atoms with Crippen molar-refractivity contribution in [1.29, 1.82) is 0 Å². The number of benzene rings is 2. The number of ether oxygens (including phenoxy) is 1. The second-order valence-corrected chi connectivity index (χ2v) is 8.00. The highest BCUT2D eigenvalue weighted by molar-refractivity contribution is 6.05. The molecule has 6 nitrogen and oxygen atoms in total. The van der Waals surface area contributed by atoms with Crippen molar-refractivity contribution in [1.82, 2.24) is 14.8 Å². The number of hydrogen-bond donors (Lipinski definition) is 1. The van der Waals surface area contributed by atoms with Crippen LogP contribution in [0.15, 0.2) is 48.5 Å². The van der Waals surface area contributed by atoms with Crippen LogP contribution in [0, 0.1) is 0 Å². The second kappa shape index (κ2) is 7.20. The van der Waals surface area contributed by atoms with Gasteiger partial charge in [0.1, 0.15) is 17.8 Å². The quantitative estimate of drug-likeness (QED) is 0.648. The Kier molecular flexibility index (Phi) is 4.50. The maximum absolute atomic E-state index is 13.4. The number of nitrogens with zero attached hydrogens (tertiary/aromatic N) is 2. The van der Waals surface area contributed by atoms with Crippen LogP contribution in [0.4, 0.5) is 4.79 Å². The van der Waals surface area contributed by atoms with Gasteiger partial charge in [-0.2, -0.15) is 0 Å². The van der Waals surface area contributed by atoms with Crippen LogP contribution in [0.2, 0.25) is 0 Å². The summed E-state index contributed by atoms with van der Waals surface area (Å²) in [6, 6.07) is 14.9. The maximum atomic E-state index is 13.4. The average molecular weight is 403 g/mol. The number of hydrogen-bond acceptors (Lipinski definition) is 3. The molecule has 0 spiro atoms. The van der Waals surface area contributed by atoms with Gasteiger partial charge in [0.15, 0.2) is 0 Å². The summed E-state index contributed by atoms with van der Waals surface area (Å²) >= 11 is 0. The van der Waals surface area contributed by atoms with Gasteiger partial charge in [-0.15, -0.1) is 0 Å². The Morgan fingerprint density at radius 2 is 1.97 bits per heavy atom. The zero-order valence-corrected chi connectivity index (χ0v) is 17.2. The third-order valence-corrected chi connectivity index (χ3v) is 6.28. The topological polar surface area (TPSA) is 65.6 Å². The van der Waals surface area contributed by atoms with Gasteiger partial charge in [-0.05, 0) is 35.7 Å². The third-order valence-electron chi connectivity index (χ3n) is 6.28. The Morgan fingerprint density at radius 1 is 1.13 bits per heavy atom. The SMILES string of the molecule is CCCCN1C(=O)C2Cc3c([nH]c4ccccc34)C(c3cccc(OC)c3)N2C1=O. The molecule has 0 bridgehead atoms. The van der Waals surface area contributed by atoms with Crippen molar-refractivity contribution in [2.75, 3.05) is 13.7 Å². The highest BCUT2D eigenvalue weighted by atomic mass is 16.5. The standard InChI is InChI=1S/C24H25N3O3/c1-3-4-12-26-23(28)20-14-18-17-10-5-6-11-19(17)25-21(18)22(27(20)24(26)29)15-8-7-9-16(13-15)30-2/h5-11,13,20,22,25H,3-4,12,14H2,1-2H3. The van der Waals surface area contributed by atoms with E-state index in [0.29, 0.717) is 13.0 Å². The van der Waals surface area contributed by atoms with E-state index < -0.39 is 6.04 Å². The van der Waals surface area contributed by atoms with Crippen LogP contribution in [0.1, 0.15) is 42.6 Å². The predicted molar refractivity (Wildman–Crippen MR) is 114 cm³/mol. The van der Waals surface area contributed by atoms with E-state index in [2.05, 4.69) is 18.0 Å². The molecule has 3 aromatic rings. The summed E-state index contributed by atoms with van der Waals surface area (Å²) in [5, 5.41) is 1.12. The smallest absolute Gasteiger partial charge is 0.328 e. The molecule has 1 fully saturated rings. The van der Waals surface area contributed by atoms with Crippen LogP contribution < -0.4 is 4.74 Å². The van der Waals surface area contributed by atoms with Crippen molar-refractivity contribution in [3.63, 3.8) is 0 Å². The molecule has 5 rings (SSSR count). The first-order valence-electron chi connectivity index (χ1n) is 10.5. The number of imide groups is 1. The van der Waals surface area contributed by atoms with Gasteiger partial charge in [-0.1, -0.05) is 43.7 Å². The fourth-order valence-electron chi connectivity index (χ4n) is 4.81. The second-order valence-electron chi connectivity index (χ2n) is 8.00. The lowest BCUT2D eigenvalue weighted by Crippen LogP contribution is -2.44. The lowest BCUT2D eigenvalue weighted by molar-refractivity contribution is -0.128. The van der Waals surface area contributed by atoms with Crippen molar-refractivity contribution in [3.05, 3.63) is 65.4 Å². The number of amides is 3. The van der Waals surface area contributed by atoms with Crippen LogP contribution >= 0.6 is 0 Å². The average Bonchev–Trinajstić information content (AvgIpc) is 3.26. The predicted octanol–water partition coefficient (Wildman–Crippen LogP) is 4.25. The normalized spacial score (nSPS) is 20.6. The Labute approximate surface area is 175 Å². The largest absolute Gasteiger partial charge is 0.497 e. The van der Waals surface area contributed by atoms with E-state index in [1.165, 1.54) is 4.90 Å². The molecule has 30 heavy (non-hydrogen) atoms. The number of urea groups is 1. The number of H-pyrrole nitrogens is 1. The van der Waals surface area contributed by atoms with Crippen molar-refractivity contribution in [2.45, 2.75) is 38.3 Å². The highest BCUT2D eigenvalue weighted by Crippen LogP contribution is 2.44. The van der Waals surface area contributed by atoms with E-state index in [-0.39, 0.29) is 18.0 Å². The van der Waals surface area contributed by atoms with Crippen LogP contribution in [0.25, 0.3) is 10.9 Å². The molecule has 2 aromatic carbocycles. The van der Waals surface area contributed by atoms with Gasteiger partial charge in [-0.25, -0.2) is 4.79 Å². The summed E-state index contributed by atoms with van der Waals surface area (Å²) in [6.07, 6.45) is 2.29. The number of aromatic amines is 1. The first-order valence-corrected chi connectivity index (χ1v) is 10.5. The Morgan fingerprint density at radius 3 is 2.77 bits per heavy atom. The minimum atomic E-state index is -0.475. The number of aromatic nitrogens is 1. The number of nitrogens with one attached hydrogen (secondary N) is 1. The van der Waals surface area contributed by atoms with Crippen LogP contribution in [-0.4, -0.2) is 46.4 Å². The molecule has 3 heterocycles.